The van der Waals surface area contributed by atoms with Crippen LogP contribution in [-0.2, 0) is 16.1 Å². The average molecular weight is 433 g/mol. The first-order chi connectivity index (χ1) is 15.7. The predicted molar refractivity (Wildman–Crippen MR) is 121 cm³/mol. The molecule has 2 aromatic rings. The number of benzene rings is 1. The number of amides is 2. The summed E-state index contributed by atoms with van der Waals surface area (Å²) in [5, 5.41) is 11.1. The van der Waals surface area contributed by atoms with Crippen LogP contribution in [0.3, 0.4) is 0 Å². The molecule has 0 spiro atoms. The van der Waals surface area contributed by atoms with Crippen LogP contribution >= 0.6 is 0 Å². The number of allylic oxidation sites excluding steroid dienone is 2. The first-order valence-electron chi connectivity index (χ1n) is 11.2. The van der Waals surface area contributed by atoms with Gasteiger partial charge in [0.1, 0.15) is 0 Å². The molecular weight excluding hydrogens is 404 g/mol. The summed E-state index contributed by atoms with van der Waals surface area (Å²) < 4.78 is 1.84. The number of hydrogen-bond acceptors (Lipinski definition) is 4. The SMILES string of the molecule is CN=C(NCCCN1C(=O)C2C3C=CC(C3)C2C1=O)NCc1ccn(-c2ccccc2)n1. The standard InChI is InChI=1S/C24H28N6O2/c1-25-24(27-15-18-10-13-30(28-18)19-6-3-2-4-7-19)26-11-5-12-29-22(31)20-16-8-9-17(14-16)21(20)23(29)32/h2-4,6-10,13,16-17,20-21H,5,11-12,14-15H2,1H3,(H2,25,26,27). The molecule has 0 radical (unpaired) electrons. The minimum atomic E-state index is -0.115. The third-order valence-electron chi connectivity index (χ3n) is 6.74. The Kier molecular flexibility index (Phi) is 5.51. The molecular formula is C24H28N6O2. The Balaban J connectivity index is 1.07. The lowest BCUT2D eigenvalue weighted by molar-refractivity contribution is -0.140. The van der Waals surface area contributed by atoms with Crippen molar-refractivity contribution in [1.29, 1.82) is 0 Å². The van der Waals surface area contributed by atoms with Gasteiger partial charge in [0.15, 0.2) is 5.96 Å². The maximum Gasteiger partial charge on any atom is 0.233 e. The van der Waals surface area contributed by atoms with Gasteiger partial charge < -0.3 is 10.6 Å². The van der Waals surface area contributed by atoms with E-state index in [1.807, 2.05) is 47.3 Å². The number of guanidine groups is 1. The second-order valence-corrected chi connectivity index (χ2v) is 8.62. The van der Waals surface area contributed by atoms with Gasteiger partial charge in [-0.1, -0.05) is 30.4 Å². The monoisotopic (exact) mass is 432 g/mol. The van der Waals surface area contributed by atoms with Crippen molar-refractivity contribution in [2.75, 3.05) is 20.1 Å². The molecule has 2 amide bonds. The van der Waals surface area contributed by atoms with Gasteiger partial charge in [-0.3, -0.25) is 19.5 Å². The predicted octanol–water partition coefficient (Wildman–Crippen LogP) is 1.73. The van der Waals surface area contributed by atoms with Crippen LogP contribution in [0.2, 0.25) is 0 Å². The molecule has 4 unspecified atom stereocenters. The van der Waals surface area contributed by atoms with Crippen molar-refractivity contribution >= 4 is 17.8 Å². The molecule has 166 valence electrons. The first kappa shape index (κ1) is 20.5. The highest BCUT2D eigenvalue weighted by Gasteiger charge is 2.58. The third-order valence-corrected chi connectivity index (χ3v) is 6.74. The Morgan fingerprint density at radius 1 is 1.06 bits per heavy atom. The van der Waals surface area contributed by atoms with Crippen molar-refractivity contribution < 1.29 is 9.59 Å². The van der Waals surface area contributed by atoms with Gasteiger partial charge in [0.25, 0.3) is 0 Å². The van der Waals surface area contributed by atoms with Crippen molar-refractivity contribution in [3.05, 3.63) is 60.4 Å². The zero-order valence-corrected chi connectivity index (χ0v) is 18.1. The minimum absolute atomic E-state index is 0.0216. The van der Waals surface area contributed by atoms with Gasteiger partial charge in [-0.15, -0.1) is 0 Å². The zero-order valence-electron chi connectivity index (χ0n) is 18.1. The number of nitrogens with one attached hydrogen (secondary N) is 2. The number of rotatable bonds is 7. The van der Waals surface area contributed by atoms with Gasteiger partial charge in [0.2, 0.25) is 11.8 Å². The second-order valence-electron chi connectivity index (χ2n) is 8.62. The summed E-state index contributed by atoms with van der Waals surface area (Å²) in [6, 6.07) is 11.9. The van der Waals surface area contributed by atoms with Crippen LogP contribution in [0.4, 0.5) is 0 Å². The van der Waals surface area contributed by atoms with Gasteiger partial charge in [-0.25, -0.2) is 4.68 Å². The van der Waals surface area contributed by atoms with Gasteiger partial charge in [-0.2, -0.15) is 5.10 Å². The van der Waals surface area contributed by atoms with Crippen LogP contribution in [0.1, 0.15) is 18.5 Å². The van der Waals surface area contributed by atoms with E-state index >= 15 is 0 Å². The summed E-state index contributed by atoms with van der Waals surface area (Å²) >= 11 is 0. The highest BCUT2D eigenvalue weighted by Crippen LogP contribution is 2.52. The van der Waals surface area contributed by atoms with E-state index in [1.165, 1.54) is 4.90 Å². The zero-order chi connectivity index (χ0) is 22.1. The van der Waals surface area contributed by atoms with Crippen molar-refractivity contribution in [1.82, 2.24) is 25.3 Å². The number of fused-ring (bicyclic) bond motifs is 5. The van der Waals surface area contributed by atoms with Gasteiger partial charge in [0, 0.05) is 26.3 Å². The average Bonchev–Trinajstić information content (AvgIpc) is 3.60. The Labute approximate surface area is 187 Å². The summed E-state index contributed by atoms with van der Waals surface area (Å²) in [6.07, 6.45) is 7.84. The van der Waals surface area contributed by atoms with Crippen LogP contribution in [0, 0.1) is 23.7 Å². The largest absolute Gasteiger partial charge is 0.356 e. The van der Waals surface area contributed by atoms with Crippen molar-refractivity contribution in [2.24, 2.45) is 28.7 Å². The molecule has 1 saturated heterocycles. The van der Waals surface area contributed by atoms with E-state index in [-0.39, 0.29) is 35.5 Å². The molecule has 8 heteroatoms. The molecule has 2 N–H and O–H groups in total. The molecule has 32 heavy (non-hydrogen) atoms. The van der Waals surface area contributed by atoms with E-state index < -0.39 is 0 Å². The summed E-state index contributed by atoms with van der Waals surface area (Å²) in [7, 11) is 1.72. The van der Waals surface area contributed by atoms with Crippen molar-refractivity contribution in [2.45, 2.75) is 19.4 Å². The Bertz CT molecular complexity index is 1030. The van der Waals surface area contributed by atoms with Gasteiger partial charge in [0.05, 0.1) is 29.8 Å². The van der Waals surface area contributed by atoms with Gasteiger partial charge >= 0.3 is 0 Å². The lowest BCUT2D eigenvalue weighted by Crippen LogP contribution is -2.39. The number of imide groups is 1. The number of aliphatic imine (C=N–C) groups is 1. The van der Waals surface area contributed by atoms with E-state index in [2.05, 4.69) is 32.9 Å². The lowest BCUT2D eigenvalue weighted by atomic mass is 9.85. The Morgan fingerprint density at radius 3 is 2.47 bits per heavy atom. The fourth-order valence-corrected chi connectivity index (χ4v) is 5.20. The van der Waals surface area contributed by atoms with Crippen LogP contribution in [0.5, 0.6) is 0 Å². The fourth-order valence-electron chi connectivity index (χ4n) is 5.20. The molecule has 8 nitrogen and oxygen atoms in total. The number of hydrogen-bond donors (Lipinski definition) is 2. The summed E-state index contributed by atoms with van der Waals surface area (Å²) in [5.41, 5.74) is 1.92. The summed E-state index contributed by atoms with van der Waals surface area (Å²) in [5.74, 6) is 1.00. The maximum absolute atomic E-state index is 12.7. The van der Waals surface area contributed by atoms with E-state index in [0.29, 0.717) is 32.0 Å². The number of likely N-dealkylation sites (tertiary alicyclic amines) is 1. The second kappa shape index (κ2) is 8.61. The van der Waals surface area contributed by atoms with E-state index in [9.17, 15) is 9.59 Å². The molecule has 1 saturated carbocycles. The molecule has 1 aromatic carbocycles. The molecule has 2 bridgehead atoms. The topological polar surface area (TPSA) is 91.6 Å². The number of carbonyl (C=O) groups is 2. The minimum Gasteiger partial charge on any atom is -0.356 e. The lowest BCUT2D eigenvalue weighted by Gasteiger charge is -2.17. The molecule has 2 fully saturated rings. The number of para-hydroxylation sites is 1. The van der Waals surface area contributed by atoms with E-state index in [4.69, 9.17) is 0 Å². The van der Waals surface area contributed by atoms with E-state index in [0.717, 1.165) is 17.8 Å². The van der Waals surface area contributed by atoms with Crippen LogP contribution in [0.15, 0.2) is 59.7 Å². The third kappa shape index (κ3) is 3.70. The molecule has 4 atom stereocenters. The highest BCUT2D eigenvalue weighted by molar-refractivity contribution is 6.06. The number of nitrogens with zero attached hydrogens (tertiary/aromatic N) is 4. The normalized spacial score (nSPS) is 26.2. The van der Waals surface area contributed by atoms with Crippen LogP contribution in [0.25, 0.3) is 5.69 Å². The van der Waals surface area contributed by atoms with Crippen LogP contribution < -0.4 is 10.6 Å². The Hall–Kier alpha value is -3.42. The summed E-state index contributed by atoms with van der Waals surface area (Å²) in [6.45, 7) is 1.62. The molecule has 2 heterocycles. The summed E-state index contributed by atoms with van der Waals surface area (Å²) in [4.78, 5) is 31.2. The Morgan fingerprint density at radius 2 is 1.78 bits per heavy atom. The maximum atomic E-state index is 12.7. The van der Waals surface area contributed by atoms with Crippen LogP contribution in [-0.4, -0.2) is 52.6 Å². The first-order valence-corrected chi connectivity index (χ1v) is 11.2. The smallest absolute Gasteiger partial charge is 0.233 e. The van der Waals surface area contributed by atoms with E-state index in [1.54, 1.807) is 7.05 Å². The molecule has 1 aromatic heterocycles. The highest BCUT2D eigenvalue weighted by atomic mass is 16.2. The van der Waals surface area contributed by atoms with Crippen molar-refractivity contribution in [3.8, 4) is 5.69 Å². The van der Waals surface area contributed by atoms with Gasteiger partial charge in [-0.05, 0) is 42.9 Å². The number of carbonyl (C=O) groups excluding carboxylic acids is 2. The van der Waals surface area contributed by atoms with Crippen molar-refractivity contribution in [3.63, 3.8) is 0 Å². The number of aromatic nitrogens is 2. The molecule has 3 aliphatic rings. The molecule has 5 rings (SSSR count). The molecule has 1 aliphatic heterocycles. The fraction of sp³-hybridized carbons (Fsp3) is 0.417. The quantitative estimate of drug-likeness (QED) is 0.229. The molecule has 2 aliphatic carbocycles.